The van der Waals surface area contributed by atoms with Gasteiger partial charge in [-0.25, -0.2) is 0 Å². The van der Waals surface area contributed by atoms with E-state index in [9.17, 15) is 0 Å². The Morgan fingerprint density at radius 1 is 0.333 bits per heavy atom. The van der Waals surface area contributed by atoms with E-state index in [0.717, 1.165) is 66.4 Å². The van der Waals surface area contributed by atoms with E-state index in [-0.39, 0.29) is 5.48 Å². The van der Waals surface area contributed by atoms with Crippen LogP contribution in [-0.4, -0.2) is 25.4 Å². The fourth-order valence-electron chi connectivity index (χ4n) is 3.93. The van der Waals surface area contributed by atoms with E-state index < -0.39 is 0 Å². The number of hydrogen-bond acceptors (Lipinski definition) is 4. The van der Waals surface area contributed by atoms with Gasteiger partial charge in [-0.3, -0.25) is 19.9 Å². The Morgan fingerprint density at radius 3 is 0.727 bits per heavy atom. The van der Waals surface area contributed by atoms with Gasteiger partial charge < -0.3 is 5.48 Å². The van der Waals surface area contributed by atoms with Crippen LogP contribution in [0.25, 0.3) is 43.6 Å². The number of hydrogen-bond donors (Lipinski definition) is 0. The maximum absolute atomic E-state index is 4.58. The van der Waals surface area contributed by atoms with Crippen LogP contribution < -0.4 is 0 Å². The van der Waals surface area contributed by atoms with Gasteiger partial charge in [0, 0.05) is 44.3 Å². The Kier molecular flexibility index (Phi) is 5.99. The highest BCUT2D eigenvalue weighted by Crippen LogP contribution is 2.23. The van der Waals surface area contributed by atoms with Crippen molar-refractivity contribution in [1.82, 2.24) is 19.9 Å². The van der Waals surface area contributed by atoms with Crippen LogP contribution >= 0.6 is 0 Å². The van der Waals surface area contributed by atoms with Gasteiger partial charge in [0.2, 0.25) is 0 Å². The zero-order valence-corrected chi connectivity index (χ0v) is 19.2. The number of fused-ring (bicyclic) bond motifs is 6. The molecule has 5 nitrogen and oxygen atoms in total. The molecule has 0 aliphatic heterocycles. The second kappa shape index (κ2) is 8.88. The normalized spacial score (nSPS) is 10.8. The lowest BCUT2D eigenvalue weighted by atomic mass is 10.1. The molecule has 2 N–H and O–H groups in total. The fraction of sp³-hybridized carbons (Fsp3) is 0.143. The molecule has 0 aliphatic carbocycles. The first-order valence-corrected chi connectivity index (χ1v) is 10.8. The molecule has 4 aromatic heterocycles. The van der Waals surface area contributed by atoms with Crippen LogP contribution in [0.1, 0.15) is 22.8 Å². The van der Waals surface area contributed by atoms with E-state index in [1.165, 1.54) is 0 Å². The highest BCUT2D eigenvalue weighted by molar-refractivity contribution is 6.03. The highest BCUT2D eigenvalue weighted by atomic mass is 16.0. The molecule has 0 spiro atoms. The van der Waals surface area contributed by atoms with Crippen molar-refractivity contribution in [3.8, 4) is 0 Å². The average molecular weight is 435 g/mol. The van der Waals surface area contributed by atoms with Gasteiger partial charge in [-0.05, 0) is 52.0 Å². The molecule has 2 aromatic carbocycles. The van der Waals surface area contributed by atoms with E-state index in [2.05, 4.69) is 68.5 Å². The summed E-state index contributed by atoms with van der Waals surface area (Å²) in [4.78, 5) is 18.3. The zero-order valence-electron chi connectivity index (χ0n) is 19.2. The third kappa shape index (κ3) is 4.36. The molecule has 0 radical (unpaired) electrons. The standard InChI is InChI=1S/2C14H12N2.H2O/c2*1-9-3-5-11-7-8-12-6-4-10(2)16-14(12)13(11)15-9;/h2*3-8H,1-2H3;1H2. The third-order valence-corrected chi connectivity index (χ3v) is 5.60. The quantitative estimate of drug-likeness (QED) is 0.276. The summed E-state index contributed by atoms with van der Waals surface area (Å²) in [6.07, 6.45) is 0. The Labute approximate surface area is 192 Å². The van der Waals surface area contributed by atoms with Gasteiger partial charge in [-0.2, -0.15) is 0 Å². The van der Waals surface area contributed by atoms with Gasteiger partial charge in [0.05, 0.1) is 22.1 Å². The summed E-state index contributed by atoms with van der Waals surface area (Å²) in [5.41, 5.74) is 8.13. The van der Waals surface area contributed by atoms with Crippen LogP contribution in [0.5, 0.6) is 0 Å². The number of nitrogens with zero attached hydrogens (tertiary/aromatic N) is 4. The van der Waals surface area contributed by atoms with Crippen molar-refractivity contribution in [3.05, 3.63) is 95.6 Å². The first kappa shape index (κ1) is 22.2. The summed E-state index contributed by atoms with van der Waals surface area (Å²) in [6.45, 7) is 8.03. The van der Waals surface area contributed by atoms with Crippen LogP contribution in [0.2, 0.25) is 0 Å². The Bertz CT molecular complexity index is 1380. The van der Waals surface area contributed by atoms with Gasteiger partial charge in [0.15, 0.2) is 0 Å². The lowest BCUT2D eigenvalue weighted by Crippen LogP contribution is -1.89. The zero-order chi connectivity index (χ0) is 22.2. The van der Waals surface area contributed by atoms with Crippen molar-refractivity contribution < 1.29 is 5.48 Å². The average Bonchev–Trinajstić information content (AvgIpc) is 2.79. The summed E-state index contributed by atoms with van der Waals surface area (Å²) in [7, 11) is 0. The monoisotopic (exact) mass is 434 g/mol. The Morgan fingerprint density at radius 2 is 0.515 bits per heavy atom. The van der Waals surface area contributed by atoms with E-state index in [4.69, 9.17) is 0 Å². The first-order chi connectivity index (χ1) is 15.5. The number of pyridine rings is 4. The maximum atomic E-state index is 4.58. The molecule has 0 aliphatic rings. The van der Waals surface area contributed by atoms with Gasteiger partial charge in [0.25, 0.3) is 0 Å². The first-order valence-electron chi connectivity index (χ1n) is 10.8. The maximum Gasteiger partial charge on any atom is 0.0967 e. The number of aryl methyl sites for hydroxylation is 4. The molecule has 0 unspecified atom stereocenters. The summed E-state index contributed by atoms with van der Waals surface area (Å²) >= 11 is 0. The van der Waals surface area contributed by atoms with E-state index in [0.29, 0.717) is 0 Å². The SMILES string of the molecule is Cc1ccc2ccc3ccc(C)nc3c2n1.Cc1ccc2ccc3ccc(C)nc3c2n1.O. The van der Waals surface area contributed by atoms with Gasteiger partial charge in [0.1, 0.15) is 0 Å². The molecule has 0 fully saturated rings. The molecule has 5 heteroatoms. The van der Waals surface area contributed by atoms with Crippen molar-refractivity contribution in [2.75, 3.05) is 0 Å². The molecule has 6 aromatic rings. The van der Waals surface area contributed by atoms with Crippen LogP contribution in [0.15, 0.2) is 72.8 Å². The summed E-state index contributed by atoms with van der Waals surface area (Å²) in [6, 6.07) is 24.9. The molecule has 6 rings (SSSR count). The van der Waals surface area contributed by atoms with Crippen LogP contribution in [0.4, 0.5) is 0 Å². The number of benzene rings is 2. The Balaban J connectivity index is 0.000000152. The van der Waals surface area contributed by atoms with Crippen LogP contribution in [-0.2, 0) is 0 Å². The topological polar surface area (TPSA) is 83.1 Å². The highest BCUT2D eigenvalue weighted by Gasteiger charge is 2.04. The van der Waals surface area contributed by atoms with Gasteiger partial charge >= 0.3 is 0 Å². The second-order valence-corrected chi connectivity index (χ2v) is 8.23. The smallest absolute Gasteiger partial charge is 0.0967 e. The molecular weight excluding hydrogens is 408 g/mol. The molecule has 4 heterocycles. The Hall–Kier alpha value is -3.96. The lowest BCUT2D eigenvalue weighted by Gasteiger charge is -2.04. The third-order valence-electron chi connectivity index (χ3n) is 5.60. The second-order valence-electron chi connectivity index (χ2n) is 8.23. The minimum Gasteiger partial charge on any atom is -0.412 e. The minimum atomic E-state index is 0. The predicted octanol–water partition coefficient (Wildman–Crippen LogP) is 5.97. The molecule has 33 heavy (non-hydrogen) atoms. The van der Waals surface area contributed by atoms with E-state index in [1.807, 2.05) is 52.0 Å². The largest absolute Gasteiger partial charge is 0.412 e. The van der Waals surface area contributed by atoms with Gasteiger partial charge in [-0.1, -0.05) is 48.5 Å². The number of rotatable bonds is 0. The molecule has 0 atom stereocenters. The van der Waals surface area contributed by atoms with Crippen molar-refractivity contribution in [1.29, 1.82) is 0 Å². The van der Waals surface area contributed by atoms with Crippen molar-refractivity contribution in [3.63, 3.8) is 0 Å². The summed E-state index contributed by atoms with van der Waals surface area (Å²) < 4.78 is 0. The number of aromatic nitrogens is 4. The molecule has 0 saturated heterocycles. The van der Waals surface area contributed by atoms with E-state index in [1.54, 1.807) is 0 Å². The summed E-state index contributed by atoms with van der Waals surface area (Å²) in [5.74, 6) is 0. The lowest BCUT2D eigenvalue weighted by molar-refractivity contribution is 0.824. The fourth-order valence-corrected chi connectivity index (χ4v) is 3.93. The van der Waals surface area contributed by atoms with Crippen LogP contribution in [0.3, 0.4) is 0 Å². The van der Waals surface area contributed by atoms with Crippen molar-refractivity contribution >= 4 is 43.6 Å². The molecule has 164 valence electrons. The van der Waals surface area contributed by atoms with Crippen LogP contribution in [0, 0.1) is 27.7 Å². The van der Waals surface area contributed by atoms with Crippen molar-refractivity contribution in [2.45, 2.75) is 27.7 Å². The molecule has 0 saturated carbocycles. The molecule has 0 amide bonds. The molecular formula is C28H26N4O. The van der Waals surface area contributed by atoms with Gasteiger partial charge in [-0.15, -0.1) is 0 Å². The van der Waals surface area contributed by atoms with Crippen molar-refractivity contribution in [2.24, 2.45) is 0 Å². The predicted molar refractivity (Wildman–Crippen MR) is 137 cm³/mol. The molecule has 0 bridgehead atoms. The minimum absolute atomic E-state index is 0. The summed E-state index contributed by atoms with van der Waals surface area (Å²) in [5, 5.41) is 4.60. The van der Waals surface area contributed by atoms with E-state index >= 15 is 0 Å².